The van der Waals surface area contributed by atoms with Crippen LogP contribution in [-0.4, -0.2) is 24.0 Å². The number of hydrogen-bond acceptors (Lipinski definition) is 3. The van der Waals surface area contributed by atoms with Crippen molar-refractivity contribution in [1.29, 1.82) is 0 Å². The Morgan fingerprint density at radius 3 is 2.55 bits per heavy atom. The molecule has 158 valence electrons. The van der Waals surface area contributed by atoms with Crippen LogP contribution in [0.1, 0.15) is 16.7 Å². The Bertz CT molecular complexity index is 1130. The molecule has 4 aromatic rings. The highest BCUT2D eigenvalue weighted by atomic mass is 16.5. The number of para-hydroxylation sites is 1. The number of amides is 1. The molecule has 0 aliphatic rings. The summed E-state index contributed by atoms with van der Waals surface area (Å²) < 4.78 is 5.60. The fourth-order valence-corrected chi connectivity index (χ4v) is 3.48. The van der Waals surface area contributed by atoms with E-state index >= 15 is 0 Å². The third-order valence-electron chi connectivity index (χ3n) is 5.20. The van der Waals surface area contributed by atoms with Gasteiger partial charge in [0.1, 0.15) is 5.75 Å². The van der Waals surface area contributed by atoms with Crippen LogP contribution in [0.15, 0.2) is 79.0 Å². The SMILES string of the molecule is Cc1ccc(NC(=O)COc2ccc(CNCCc3c[nH]c4ccccc34)cc2)cc1. The summed E-state index contributed by atoms with van der Waals surface area (Å²) >= 11 is 0. The fraction of sp³-hybridized carbons (Fsp3) is 0.192. The highest BCUT2D eigenvalue weighted by molar-refractivity contribution is 5.91. The summed E-state index contributed by atoms with van der Waals surface area (Å²) in [5.41, 5.74) is 5.61. The summed E-state index contributed by atoms with van der Waals surface area (Å²) in [6.07, 6.45) is 3.06. The Kier molecular flexibility index (Phi) is 6.65. The lowest BCUT2D eigenvalue weighted by Gasteiger charge is -2.09. The number of ether oxygens (including phenoxy) is 1. The van der Waals surface area contributed by atoms with Crippen LogP contribution >= 0.6 is 0 Å². The zero-order chi connectivity index (χ0) is 21.5. The van der Waals surface area contributed by atoms with Gasteiger partial charge in [0.2, 0.25) is 0 Å². The molecule has 1 amide bonds. The molecule has 0 atom stereocenters. The molecule has 0 aliphatic carbocycles. The summed E-state index contributed by atoms with van der Waals surface area (Å²) in [5, 5.41) is 7.61. The number of aromatic nitrogens is 1. The minimum absolute atomic E-state index is 0.0178. The van der Waals surface area contributed by atoms with Gasteiger partial charge in [-0.3, -0.25) is 4.79 Å². The molecule has 1 heterocycles. The second kappa shape index (κ2) is 9.96. The Morgan fingerprint density at radius 2 is 1.74 bits per heavy atom. The summed E-state index contributed by atoms with van der Waals surface area (Å²) in [7, 11) is 0. The van der Waals surface area contributed by atoms with Gasteiger partial charge in [0.15, 0.2) is 6.61 Å². The smallest absolute Gasteiger partial charge is 0.262 e. The van der Waals surface area contributed by atoms with Crippen molar-refractivity contribution >= 4 is 22.5 Å². The van der Waals surface area contributed by atoms with E-state index in [4.69, 9.17) is 4.74 Å². The molecule has 0 radical (unpaired) electrons. The topological polar surface area (TPSA) is 66.2 Å². The lowest BCUT2D eigenvalue weighted by atomic mass is 10.1. The summed E-state index contributed by atoms with van der Waals surface area (Å²) in [6.45, 7) is 3.68. The predicted molar refractivity (Wildman–Crippen MR) is 125 cm³/mol. The molecule has 0 unspecified atom stereocenters. The molecule has 0 fully saturated rings. The maximum atomic E-state index is 12.0. The van der Waals surface area contributed by atoms with Crippen LogP contribution in [0.5, 0.6) is 5.75 Å². The minimum Gasteiger partial charge on any atom is -0.484 e. The number of aryl methyl sites for hydroxylation is 1. The summed E-state index contributed by atoms with van der Waals surface area (Å²) in [4.78, 5) is 15.4. The minimum atomic E-state index is -0.174. The van der Waals surface area contributed by atoms with Gasteiger partial charge in [-0.2, -0.15) is 0 Å². The number of carbonyl (C=O) groups excluding carboxylic acids is 1. The molecular weight excluding hydrogens is 386 g/mol. The molecule has 5 heteroatoms. The third kappa shape index (κ3) is 5.74. The lowest BCUT2D eigenvalue weighted by molar-refractivity contribution is -0.118. The van der Waals surface area contributed by atoms with Gasteiger partial charge in [0.25, 0.3) is 5.91 Å². The molecule has 3 N–H and O–H groups in total. The highest BCUT2D eigenvalue weighted by Crippen LogP contribution is 2.18. The van der Waals surface area contributed by atoms with Crippen molar-refractivity contribution in [3.8, 4) is 5.75 Å². The van der Waals surface area contributed by atoms with Crippen molar-refractivity contribution in [2.75, 3.05) is 18.5 Å². The highest BCUT2D eigenvalue weighted by Gasteiger charge is 2.05. The van der Waals surface area contributed by atoms with Crippen molar-refractivity contribution in [1.82, 2.24) is 10.3 Å². The van der Waals surface area contributed by atoms with Crippen molar-refractivity contribution < 1.29 is 9.53 Å². The second-order valence-electron chi connectivity index (χ2n) is 7.63. The van der Waals surface area contributed by atoms with E-state index in [-0.39, 0.29) is 12.5 Å². The van der Waals surface area contributed by atoms with Gasteiger partial charge < -0.3 is 20.4 Å². The van der Waals surface area contributed by atoms with Crippen molar-refractivity contribution in [3.63, 3.8) is 0 Å². The van der Waals surface area contributed by atoms with Crippen LogP contribution in [0.25, 0.3) is 10.9 Å². The summed E-state index contributed by atoms with van der Waals surface area (Å²) in [5.74, 6) is 0.508. The molecule has 0 aliphatic heterocycles. The summed E-state index contributed by atoms with van der Waals surface area (Å²) in [6, 6.07) is 23.9. The van der Waals surface area contributed by atoms with E-state index in [2.05, 4.69) is 40.0 Å². The van der Waals surface area contributed by atoms with Crippen LogP contribution in [0.2, 0.25) is 0 Å². The third-order valence-corrected chi connectivity index (χ3v) is 5.20. The number of anilines is 1. The van der Waals surface area contributed by atoms with Gasteiger partial charge in [-0.05, 0) is 61.3 Å². The van der Waals surface area contributed by atoms with E-state index in [1.807, 2.05) is 61.5 Å². The molecular formula is C26H27N3O2. The first-order valence-electron chi connectivity index (χ1n) is 10.5. The Hall–Kier alpha value is -3.57. The number of carbonyl (C=O) groups is 1. The van der Waals surface area contributed by atoms with E-state index in [1.54, 1.807) is 0 Å². The quantitative estimate of drug-likeness (QED) is 0.345. The van der Waals surface area contributed by atoms with Crippen LogP contribution in [0.4, 0.5) is 5.69 Å². The van der Waals surface area contributed by atoms with E-state index in [1.165, 1.54) is 22.0 Å². The average molecular weight is 414 g/mol. The predicted octanol–water partition coefficient (Wildman–Crippen LogP) is 4.83. The number of rotatable bonds is 9. The zero-order valence-corrected chi connectivity index (χ0v) is 17.7. The Labute approximate surface area is 182 Å². The number of nitrogens with one attached hydrogen (secondary N) is 3. The first-order valence-corrected chi connectivity index (χ1v) is 10.5. The molecule has 0 spiro atoms. The Balaban J connectivity index is 1.18. The number of hydrogen-bond donors (Lipinski definition) is 3. The second-order valence-corrected chi connectivity index (χ2v) is 7.63. The molecule has 0 bridgehead atoms. The fourth-order valence-electron chi connectivity index (χ4n) is 3.48. The number of benzene rings is 3. The van der Waals surface area contributed by atoms with Gasteiger partial charge in [-0.15, -0.1) is 0 Å². The van der Waals surface area contributed by atoms with E-state index in [0.29, 0.717) is 5.75 Å². The number of H-pyrrole nitrogens is 1. The van der Waals surface area contributed by atoms with Gasteiger partial charge in [0.05, 0.1) is 0 Å². The molecule has 3 aromatic carbocycles. The van der Waals surface area contributed by atoms with Crippen LogP contribution in [0.3, 0.4) is 0 Å². The zero-order valence-electron chi connectivity index (χ0n) is 17.7. The van der Waals surface area contributed by atoms with Crippen LogP contribution in [-0.2, 0) is 17.8 Å². The largest absolute Gasteiger partial charge is 0.484 e. The van der Waals surface area contributed by atoms with Crippen LogP contribution < -0.4 is 15.4 Å². The molecule has 0 saturated heterocycles. The molecule has 31 heavy (non-hydrogen) atoms. The first kappa shape index (κ1) is 20.7. The van der Waals surface area contributed by atoms with Crippen molar-refractivity contribution in [2.45, 2.75) is 19.9 Å². The van der Waals surface area contributed by atoms with Gasteiger partial charge >= 0.3 is 0 Å². The van der Waals surface area contributed by atoms with Gasteiger partial charge in [-0.1, -0.05) is 48.0 Å². The molecule has 4 rings (SSSR count). The van der Waals surface area contributed by atoms with E-state index in [0.717, 1.165) is 30.8 Å². The first-order chi connectivity index (χ1) is 15.2. The van der Waals surface area contributed by atoms with Crippen molar-refractivity contribution in [2.24, 2.45) is 0 Å². The van der Waals surface area contributed by atoms with Gasteiger partial charge in [-0.25, -0.2) is 0 Å². The van der Waals surface area contributed by atoms with Crippen molar-refractivity contribution in [3.05, 3.63) is 95.7 Å². The van der Waals surface area contributed by atoms with Crippen LogP contribution in [0, 0.1) is 6.92 Å². The average Bonchev–Trinajstić information content (AvgIpc) is 3.21. The molecule has 1 aromatic heterocycles. The lowest BCUT2D eigenvalue weighted by Crippen LogP contribution is -2.20. The van der Waals surface area contributed by atoms with E-state index in [9.17, 15) is 4.79 Å². The Morgan fingerprint density at radius 1 is 0.968 bits per heavy atom. The maximum absolute atomic E-state index is 12.0. The number of aromatic amines is 1. The molecule has 0 saturated carbocycles. The van der Waals surface area contributed by atoms with E-state index < -0.39 is 0 Å². The number of fused-ring (bicyclic) bond motifs is 1. The standard InChI is InChI=1S/C26H27N3O2/c1-19-6-10-22(11-7-19)29-26(30)18-31-23-12-8-20(9-13-23)16-27-15-14-21-17-28-25-5-3-2-4-24(21)25/h2-13,17,27-28H,14-16,18H2,1H3,(H,29,30). The monoisotopic (exact) mass is 413 g/mol. The van der Waals surface area contributed by atoms with Gasteiger partial charge in [0, 0.05) is 29.3 Å². The maximum Gasteiger partial charge on any atom is 0.262 e. The molecule has 5 nitrogen and oxygen atoms in total. The normalized spacial score (nSPS) is 10.9.